The summed E-state index contributed by atoms with van der Waals surface area (Å²) < 4.78 is 42.2. The first-order valence-electron chi connectivity index (χ1n) is 16.4. The predicted octanol–water partition coefficient (Wildman–Crippen LogP) is 5.40. The molecule has 45 heavy (non-hydrogen) atoms. The molecular weight excluding hydrogens is 612 g/mol. The number of halogens is 1. The molecule has 0 unspecified atom stereocenters. The van der Waals surface area contributed by atoms with Gasteiger partial charge in [0, 0.05) is 36.2 Å². The summed E-state index contributed by atoms with van der Waals surface area (Å²) in [6.07, 6.45) is 10.0. The van der Waals surface area contributed by atoms with Gasteiger partial charge in [0.15, 0.2) is 0 Å². The number of aliphatic hydroxyl groups excluding tert-OH is 1. The Bertz CT molecular complexity index is 1590. The molecule has 2 bridgehead atoms. The molecule has 1 amide bonds. The molecule has 0 radical (unpaired) electrons. The highest BCUT2D eigenvalue weighted by Gasteiger charge is 2.45. The minimum atomic E-state index is -4.06. The minimum absolute atomic E-state index is 0.0913. The number of fused-ring (bicyclic) bond motifs is 4. The molecule has 3 aliphatic carbocycles. The molecule has 5 aliphatic rings. The summed E-state index contributed by atoms with van der Waals surface area (Å²) in [6.45, 7) is 1.88. The van der Waals surface area contributed by atoms with Crippen molar-refractivity contribution in [3.05, 3.63) is 70.3 Å². The average molecular weight is 655 g/mol. The lowest BCUT2D eigenvalue weighted by Gasteiger charge is -2.45. The number of hydrogen-bond acceptors (Lipinski definition) is 7. The van der Waals surface area contributed by atoms with E-state index in [2.05, 4.69) is 21.8 Å². The number of aryl methyl sites for hydroxylation is 1. The number of rotatable bonds is 3. The average Bonchev–Trinajstić information content (AvgIpc) is 3.83. The lowest BCUT2D eigenvalue weighted by atomic mass is 9.68. The Labute approximate surface area is 271 Å². The van der Waals surface area contributed by atoms with Gasteiger partial charge in [-0.25, -0.2) is 13.1 Å². The van der Waals surface area contributed by atoms with Crippen LogP contribution in [-0.4, -0.2) is 63.7 Å². The fourth-order valence-electron chi connectivity index (χ4n) is 8.13. The number of nitrogens with zero attached hydrogens (tertiary/aromatic N) is 1. The van der Waals surface area contributed by atoms with Gasteiger partial charge in [-0.05, 0) is 104 Å². The minimum Gasteiger partial charge on any atom is -0.490 e. The van der Waals surface area contributed by atoms with Gasteiger partial charge < -0.3 is 19.5 Å². The van der Waals surface area contributed by atoms with Crippen LogP contribution < -0.4 is 14.4 Å². The summed E-state index contributed by atoms with van der Waals surface area (Å²) in [5.74, 6) is 0.684. The number of carbonyl (C=O) groups excluding carboxylic acids is 1. The highest BCUT2D eigenvalue weighted by molar-refractivity contribution is 7.90. The fraction of sp³-hybridized carbons (Fsp3) is 0.571. The van der Waals surface area contributed by atoms with E-state index in [0.717, 1.165) is 55.7 Å². The molecule has 0 saturated heterocycles. The van der Waals surface area contributed by atoms with Gasteiger partial charge in [0.25, 0.3) is 5.91 Å². The van der Waals surface area contributed by atoms with Gasteiger partial charge in [-0.3, -0.25) is 4.79 Å². The van der Waals surface area contributed by atoms with Crippen LogP contribution in [0.4, 0.5) is 5.69 Å². The van der Waals surface area contributed by atoms with Gasteiger partial charge in [0.2, 0.25) is 10.0 Å². The van der Waals surface area contributed by atoms with E-state index in [1.54, 1.807) is 18.2 Å². The molecule has 1 spiro atoms. The van der Waals surface area contributed by atoms with Crippen LogP contribution in [0.2, 0.25) is 5.02 Å². The van der Waals surface area contributed by atoms with Crippen molar-refractivity contribution in [3.8, 4) is 5.75 Å². The molecule has 2 aliphatic heterocycles. The molecule has 2 aromatic rings. The molecule has 242 valence electrons. The summed E-state index contributed by atoms with van der Waals surface area (Å²) in [7, 11) is -2.55. The van der Waals surface area contributed by atoms with Crippen molar-refractivity contribution in [2.75, 3.05) is 31.7 Å². The number of carbonyl (C=O) groups is 1. The smallest absolute Gasteiger partial charge is 0.264 e. The Hall–Kier alpha value is -2.59. The van der Waals surface area contributed by atoms with Crippen LogP contribution in [0.25, 0.3) is 0 Å². The second-order valence-electron chi connectivity index (χ2n) is 13.9. The van der Waals surface area contributed by atoms with Crippen LogP contribution in [0.1, 0.15) is 72.9 Å². The quantitative estimate of drug-likeness (QED) is 0.427. The molecule has 2 aromatic carbocycles. The van der Waals surface area contributed by atoms with Crippen molar-refractivity contribution in [2.24, 2.45) is 17.8 Å². The first-order valence-corrected chi connectivity index (χ1v) is 18.3. The summed E-state index contributed by atoms with van der Waals surface area (Å²) in [5.41, 5.74) is 3.29. The van der Waals surface area contributed by atoms with Crippen LogP contribution in [0.3, 0.4) is 0 Å². The van der Waals surface area contributed by atoms with Crippen LogP contribution in [0.5, 0.6) is 5.75 Å². The number of benzene rings is 2. The Morgan fingerprint density at radius 1 is 1.16 bits per heavy atom. The number of sulfonamides is 1. The van der Waals surface area contributed by atoms with Gasteiger partial charge in [0.05, 0.1) is 24.5 Å². The molecule has 2 N–H and O–H groups in total. The number of nitrogens with one attached hydrogen (secondary N) is 1. The third kappa shape index (κ3) is 6.13. The molecule has 2 saturated carbocycles. The first-order chi connectivity index (χ1) is 21.7. The van der Waals surface area contributed by atoms with E-state index >= 15 is 0 Å². The molecule has 2 fully saturated rings. The topological polar surface area (TPSA) is 105 Å². The van der Waals surface area contributed by atoms with Crippen molar-refractivity contribution in [1.29, 1.82) is 0 Å². The van der Waals surface area contributed by atoms with Crippen LogP contribution >= 0.6 is 11.6 Å². The van der Waals surface area contributed by atoms with Crippen molar-refractivity contribution < 1.29 is 27.8 Å². The Morgan fingerprint density at radius 3 is 2.76 bits per heavy atom. The molecular formula is C35H43ClN2O6S. The number of anilines is 1. The third-order valence-corrected chi connectivity index (χ3v) is 13.0. The summed E-state index contributed by atoms with van der Waals surface area (Å²) in [6, 6.07) is 11.4. The van der Waals surface area contributed by atoms with Gasteiger partial charge in [-0.15, -0.1) is 0 Å². The number of ether oxygens (including phenoxy) is 2. The number of hydrogen-bond donors (Lipinski definition) is 2. The SMILES string of the molecule is CO[C@H]1C/C=C/[C@H](O)[C@@H]2CC[C@H]2CN2C[C@@]3(CCCc4cc(Cl)ccc43)COc3ccc(cc32)C(=O)NS(=O)(=O)[C@@H]1CC1CC1. The number of aliphatic hydroxyl groups is 1. The predicted molar refractivity (Wildman–Crippen MR) is 175 cm³/mol. The van der Waals surface area contributed by atoms with Gasteiger partial charge in [-0.1, -0.05) is 42.7 Å². The monoisotopic (exact) mass is 654 g/mol. The molecule has 2 heterocycles. The maximum Gasteiger partial charge on any atom is 0.264 e. The van der Waals surface area contributed by atoms with Crippen LogP contribution in [0.15, 0.2) is 48.6 Å². The van der Waals surface area contributed by atoms with Crippen LogP contribution in [-0.2, 0) is 26.6 Å². The molecule has 10 heteroatoms. The van der Waals surface area contributed by atoms with Crippen molar-refractivity contribution in [2.45, 2.75) is 80.7 Å². The first kappa shape index (κ1) is 31.0. The summed E-state index contributed by atoms with van der Waals surface area (Å²) in [4.78, 5) is 16.0. The highest BCUT2D eigenvalue weighted by atomic mass is 35.5. The maximum atomic E-state index is 13.8. The molecule has 6 atom stereocenters. The largest absolute Gasteiger partial charge is 0.490 e. The Morgan fingerprint density at radius 2 is 2.00 bits per heavy atom. The van der Waals surface area contributed by atoms with Gasteiger partial charge >= 0.3 is 0 Å². The molecule has 7 rings (SSSR count). The van der Waals surface area contributed by atoms with E-state index in [4.69, 9.17) is 21.1 Å². The lowest BCUT2D eigenvalue weighted by Crippen LogP contribution is -2.49. The van der Waals surface area contributed by atoms with E-state index in [0.29, 0.717) is 44.2 Å². The zero-order valence-corrected chi connectivity index (χ0v) is 27.4. The maximum absolute atomic E-state index is 13.8. The lowest BCUT2D eigenvalue weighted by molar-refractivity contribution is 0.0451. The van der Waals surface area contributed by atoms with Crippen LogP contribution in [0, 0.1) is 17.8 Å². The number of amides is 1. The fourth-order valence-corrected chi connectivity index (χ4v) is 10.00. The van der Waals surface area contributed by atoms with Gasteiger partial charge in [-0.2, -0.15) is 0 Å². The Balaban J connectivity index is 1.28. The van der Waals surface area contributed by atoms with E-state index in [9.17, 15) is 18.3 Å². The van der Waals surface area contributed by atoms with Crippen molar-refractivity contribution in [3.63, 3.8) is 0 Å². The molecule has 8 nitrogen and oxygen atoms in total. The highest BCUT2D eigenvalue weighted by Crippen LogP contribution is 2.47. The van der Waals surface area contributed by atoms with E-state index < -0.39 is 33.4 Å². The third-order valence-electron chi connectivity index (χ3n) is 11.0. The summed E-state index contributed by atoms with van der Waals surface area (Å²) >= 11 is 6.41. The van der Waals surface area contributed by atoms with E-state index in [1.165, 1.54) is 18.2 Å². The zero-order chi connectivity index (χ0) is 31.3. The van der Waals surface area contributed by atoms with Crippen molar-refractivity contribution in [1.82, 2.24) is 4.72 Å². The second kappa shape index (κ2) is 12.2. The van der Waals surface area contributed by atoms with E-state index in [1.807, 2.05) is 18.2 Å². The van der Waals surface area contributed by atoms with E-state index in [-0.39, 0.29) is 22.8 Å². The normalized spacial score (nSPS) is 33.5. The number of methoxy groups -OCH3 is 1. The standard InChI is InChI=1S/C35H43ClN2O6S/c1-43-32-6-2-5-30(39)27-12-9-25(27)19-38-20-35(15-3-4-23-17-26(36)11-13-28(23)35)21-44-31-14-10-24(18-29(31)38)34(40)37-45(41,42)33(32)16-22-7-8-22/h2,5,10-11,13-14,17-18,22,25,27,30,32-33,39H,3-4,6-9,12,15-16,19-21H2,1H3,(H,37,40)/b5-2+/t25-,27+,30-,32-,33+,35-/m0/s1. The summed E-state index contributed by atoms with van der Waals surface area (Å²) in [5, 5.41) is 11.1. The Kier molecular flexibility index (Phi) is 8.42. The second-order valence-corrected chi connectivity index (χ2v) is 16.2. The van der Waals surface area contributed by atoms with Crippen molar-refractivity contribution >= 4 is 33.2 Å². The molecule has 0 aromatic heterocycles. The zero-order valence-electron chi connectivity index (χ0n) is 25.8. The van der Waals surface area contributed by atoms with Gasteiger partial charge in [0.1, 0.15) is 11.0 Å².